The van der Waals surface area contributed by atoms with Crippen LogP contribution < -0.4 is 73.5 Å². The van der Waals surface area contributed by atoms with Crippen molar-refractivity contribution in [1.29, 1.82) is 0 Å². The highest BCUT2D eigenvalue weighted by Crippen LogP contribution is 2.50. The Morgan fingerprint density at radius 2 is 1.24 bits per heavy atom. The summed E-state index contributed by atoms with van der Waals surface area (Å²) in [6.45, 7) is 5.13. The fourth-order valence-electron chi connectivity index (χ4n) is 15.1. The number of hydrogen-bond donors (Lipinski definition) is 20. The Labute approximate surface area is 696 Å². The molecule has 2 fully saturated rings. The molecule has 0 spiro atoms. The summed E-state index contributed by atoms with van der Waals surface area (Å²) in [6.07, 6.45) is -18.7. The molecule has 0 saturated carbocycles. The van der Waals surface area contributed by atoms with Crippen molar-refractivity contribution in [1.82, 2.24) is 47.9 Å². The zero-order chi connectivity index (χ0) is 86.5. The minimum Gasteiger partial charge on any atom is -0.508 e. The Balaban J connectivity index is 1.02. The molecule has 0 aliphatic carbocycles. The minimum absolute atomic E-state index is 0.0205. The summed E-state index contributed by atoms with van der Waals surface area (Å²) in [5.74, 6) is -15.9. The number of phenols is 3. The number of nitrogens with two attached hydrogens (primary N) is 2. The molecule has 7 aromatic carbocycles. The van der Waals surface area contributed by atoms with Crippen molar-refractivity contribution in [2.24, 2.45) is 17.4 Å². The van der Waals surface area contributed by atoms with Crippen LogP contribution in [0.4, 0.5) is 0 Å². The second kappa shape index (κ2) is 37.6. The summed E-state index contributed by atoms with van der Waals surface area (Å²) in [4.78, 5) is 135. The molecule has 7 heterocycles. The first kappa shape index (κ1) is 88.0. The van der Waals surface area contributed by atoms with Crippen molar-refractivity contribution in [3.63, 3.8) is 0 Å². The molecule has 7 aromatic rings. The number of carbonyl (C=O) groups excluding carboxylic acids is 9. The number of phenolic OH excluding ortho intramolecular Hbond substituents is 3. The first-order valence-electron chi connectivity index (χ1n) is 38.5. The van der Waals surface area contributed by atoms with Crippen molar-refractivity contribution in [2.75, 3.05) is 26.7 Å². The van der Waals surface area contributed by atoms with Gasteiger partial charge in [-0.25, -0.2) is 0 Å². The molecule has 638 valence electrons. The van der Waals surface area contributed by atoms with Gasteiger partial charge in [0, 0.05) is 54.6 Å². The molecular formula is C83H93Cl2N11O24. The third kappa shape index (κ3) is 19.8. The van der Waals surface area contributed by atoms with Crippen LogP contribution in [0.1, 0.15) is 129 Å². The van der Waals surface area contributed by atoms with E-state index in [0.29, 0.717) is 0 Å². The van der Waals surface area contributed by atoms with E-state index >= 15 is 24.0 Å². The highest BCUT2D eigenvalue weighted by molar-refractivity contribution is 6.32. The van der Waals surface area contributed by atoms with E-state index < -0.39 is 243 Å². The molecule has 35 nitrogen and oxygen atoms in total. The first-order chi connectivity index (χ1) is 57.1. The van der Waals surface area contributed by atoms with Gasteiger partial charge in [-0.1, -0.05) is 116 Å². The van der Waals surface area contributed by atoms with Gasteiger partial charge in [0.25, 0.3) is 0 Å². The zero-order valence-electron chi connectivity index (χ0n) is 65.3. The number of halogens is 2. The van der Waals surface area contributed by atoms with E-state index in [2.05, 4.69) is 47.9 Å². The molecule has 18 atom stereocenters. The first-order valence-corrected chi connectivity index (χ1v) is 39.2. The third-order valence-electron chi connectivity index (χ3n) is 21.3. The molecule has 2 saturated heterocycles. The largest absolute Gasteiger partial charge is 0.508 e. The average molecular weight is 1700 g/mol. The van der Waals surface area contributed by atoms with Gasteiger partial charge in [0.15, 0.2) is 23.9 Å². The molecule has 0 aromatic heterocycles. The van der Waals surface area contributed by atoms with Gasteiger partial charge in [-0.2, -0.15) is 0 Å². The second-order valence-corrected chi connectivity index (χ2v) is 31.4. The number of hydrogen-bond acceptors (Lipinski definition) is 26. The lowest BCUT2D eigenvalue weighted by Crippen LogP contribution is -2.64. The number of aliphatic hydroxyl groups is 6. The van der Waals surface area contributed by atoms with Crippen molar-refractivity contribution in [3.05, 3.63) is 189 Å². The van der Waals surface area contributed by atoms with E-state index in [0.717, 1.165) is 71.8 Å². The lowest BCUT2D eigenvalue weighted by Gasteiger charge is -2.47. The van der Waals surface area contributed by atoms with Crippen LogP contribution in [0, 0.1) is 5.92 Å². The molecule has 14 rings (SSSR count). The smallest absolute Gasteiger partial charge is 0.248 e. The van der Waals surface area contributed by atoms with E-state index in [1.807, 2.05) is 74.5 Å². The highest BCUT2D eigenvalue weighted by Gasteiger charge is 2.52. The second-order valence-electron chi connectivity index (χ2n) is 30.6. The highest BCUT2D eigenvalue weighted by atomic mass is 35.5. The van der Waals surface area contributed by atoms with E-state index in [4.69, 9.17) is 63.1 Å². The maximum absolute atomic E-state index is 16.3. The number of ether oxygens (including phenoxy) is 6. The van der Waals surface area contributed by atoms with Crippen LogP contribution >= 0.6 is 23.2 Å². The van der Waals surface area contributed by atoms with Crippen molar-refractivity contribution >= 4 is 76.4 Å². The number of amides is 9. The maximum atomic E-state index is 16.3. The van der Waals surface area contributed by atoms with Crippen molar-refractivity contribution < 1.29 is 118 Å². The summed E-state index contributed by atoms with van der Waals surface area (Å²) >= 11 is 14.3. The molecule has 11 bridgehead atoms. The lowest BCUT2D eigenvalue weighted by molar-refractivity contribution is -0.333. The number of nitrogens with one attached hydrogen (secondary N) is 9. The summed E-state index contributed by atoms with van der Waals surface area (Å²) in [5, 5.41) is 128. The quantitative estimate of drug-likeness (QED) is 0.0487. The standard InChI is InChI=1S/C83H93Cl2N11O24/c1-36(2)24-50(88-5)75(108)95-66-68(103)41-17-20-54(48(84)26-41)116-56-28-43-29-57(72(56)120-82-73(71(106)70(105)58(35-97)118-82)119-61-34-83(4,87)74(107)37(3)115-61)117-55-21-18-42(27-49(55)85)69(104)67-81(114)94-65(77(110)90-23-22-89-60(102)32-45(38-12-8-6-9-13-38)39-14-10-7-11-15-39)47-30-44(98)31-53(100)62(47)46-25-40(16-19-52(46)99)63(78(111)96-67)93-79(112)64(43)92-76(109)51(33-59(86)101)91-80(66)113/h6-21,25-31,36-37,45,50-51,58,61,63-71,73-74,82,88,97-100,103-107H,22-24,32-35,87H2,1-5H3,(H2,86,101)(H,89,102)(H,90,110)(H,91,113)(H,92,109)(H,93,112)(H,94,114)(H,95,108)(H,96,111)/t37-,50+,51-,58+,61?,63+,64?,65?,66+,67-,68+,69+,70+,71-,73+,74+,82-,83-/m0/s1. The predicted molar refractivity (Wildman–Crippen MR) is 427 cm³/mol. The van der Waals surface area contributed by atoms with Gasteiger partial charge in [-0.05, 0) is 127 Å². The minimum atomic E-state index is -2.37. The van der Waals surface area contributed by atoms with Gasteiger partial charge in [0.1, 0.15) is 95.5 Å². The van der Waals surface area contributed by atoms with E-state index in [1.54, 1.807) is 0 Å². The SMILES string of the molecule is CN[C@H](CC(C)C)C(=O)N[C@H]1C(=O)N[C@@H](CC(N)=O)C(=O)NC2C(=O)N[C@H]3C(=O)N[C@H](C(=O)NC(C(=O)NCCNC(=O)CC(c4ccccc4)c4ccccc4)c4cc(O)cc(O)c4-c4cc3ccc4O)[C@H](O)c3ccc(c(Cl)c3)Oc3cc2cc(c3O[C@@H]2O[C@H](CO)[C@@H](O)[C@H](O)[C@H]2OC2C[C@](C)(N)[C@H](O)[C@H](C)O2)Oc2ccc(cc2Cl)[C@H]1O. The topological polar surface area (TPSA) is 551 Å². The molecule has 0 radical (unpaired) electrons. The van der Waals surface area contributed by atoms with Crippen molar-refractivity contribution in [2.45, 2.75) is 169 Å². The zero-order valence-corrected chi connectivity index (χ0v) is 66.8. The Morgan fingerprint density at radius 3 is 1.83 bits per heavy atom. The van der Waals surface area contributed by atoms with Gasteiger partial charge in [-0.3, -0.25) is 43.2 Å². The number of aromatic hydroxyl groups is 3. The lowest BCUT2D eigenvalue weighted by atomic mass is 9.86. The number of carbonyl (C=O) groups is 9. The van der Waals surface area contributed by atoms with Crippen LogP contribution in [-0.4, -0.2) is 205 Å². The summed E-state index contributed by atoms with van der Waals surface area (Å²) in [5.41, 5.74) is 10.1. The normalized spacial score (nSPS) is 26.6. The molecule has 120 heavy (non-hydrogen) atoms. The van der Waals surface area contributed by atoms with Crippen LogP contribution in [0.2, 0.25) is 10.0 Å². The molecule has 3 unspecified atom stereocenters. The van der Waals surface area contributed by atoms with E-state index in [9.17, 15) is 65.1 Å². The molecular weight excluding hydrogens is 1610 g/mol. The van der Waals surface area contributed by atoms with Gasteiger partial charge in [0.2, 0.25) is 65.2 Å². The molecule has 7 aliphatic heterocycles. The number of likely N-dealkylation sites (N-methyl/N-ethyl adjacent to an activating group) is 1. The molecule has 22 N–H and O–H groups in total. The molecule has 37 heteroatoms. The van der Waals surface area contributed by atoms with Crippen LogP contribution in [0.5, 0.6) is 46.0 Å². The number of rotatable bonds is 20. The Kier molecular flexibility index (Phi) is 27.5. The average Bonchev–Trinajstić information content (AvgIpc) is 0.764. The summed E-state index contributed by atoms with van der Waals surface area (Å²) in [6, 6.07) is 18.5. The molecule has 9 amide bonds. The monoisotopic (exact) mass is 1700 g/mol. The Bertz CT molecular complexity index is 4980. The third-order valence-corrected chi connectivity index (χ3v) is 21.9. The summed E-state index contributed by atoms with van der Waals surface area (Å²) in [7, 11) is 1.48. The van der Waals surface area contributed by atoms with Crippen molar-refractivity contribution in [3.8, 4) is 57.1 Å². The van der Waals surface area contributed by atoms with E-state index in [-0.39, 0.29) is 71.7 Å². The van der Waals surface area contributed by atoms with Gasteiger partial charge in [0.05, 0.1) is 41.3 Å². The van der Waals surface area contributed by atoms with Crippen LogP contribution in [-0.2, 0) is 57.4 Å². The number of aliphatic hydroxyl groups excluding tert-OH is 6. The molecule has 7 aliphatic rings. The fourth-order valence-corrected chi connectivity index (χ4v) is 15.5. The fraction of sp³-hybridized carbons (Fsp3) is 0.386. The number of primary amides is 1. The van der Waals surface area contributed by atoms with E-state index in [1.165, 1.54) is 39.1 Å². The van der Waals surface area contributed by atoms with Crippen LogP contribution in [0.25, 0.3) is 11.1 Å². The van der Waals surface area contributed by atoms with Gasteiger partial charge in [-0.15, -0.1) is 0 Å². The number of fused-ring (bicyclic) bond motifs is 15. The Hall–Kier alpha value is -11.3. The number of benzene rings is 7. The summed E-state index contributed by atoms with van der Waals surface area (Å²) < 4.78 is 38.7. The predicted octanol–water partition coefficient (Wildman–Crippen LogP) is 2.48. The van der Waals surface area contributed by atoms with Crippen LogP contribution in [0.15, 0.2) is 140 Å². The van der Waals surface area contributed by atoms with Crippen LogP contribution in [0.3, 0.4) is 0 Å². The van der Waals surface area contributed by atoms with Gasteiger partial charge < -0.3 is 134 Å². The van der Waals surface area contributed by atoms with Gasteiger partial charge >= 0.3 is 0 Å². The maximum Gasteiger partial charge on any atom is 0.248 e. The Morgan fingerprint density at radius 1 is 0.650 bits per heavy atom.